The molecule has 4 rings (SSSR count). The van der Waals surface area contributed by atoms with Crippen molar-refractivity contribution < 1.29 is 5.11 Å². The van der Waals surface area contributed by atoms with Crippen molar-refractivity contribution in [1.82, 2.24) is 0 Å². The average molecular weight is 248 g/mol. The number of hydrogen-bond acceptors (Lipinski definition) is 1. The Balaban J connectivity index is 1.55. The fourth-order valence-corrected chi connectivity index (χ4v) is 6.42. The van der Waals surface area contributed by atoms with Crippen molar-refractivity contribution in [3.8, 4) is 0 Å². The van der Waals surface area contributed by atoms with Crippen LogP contribution in [0.4, 0.5) is 0 Å². The van der Waals surface area contributed by atoms with Crippen molar-refractivity contribution in [3.63, 3.8) is 0 Å². The molecule has 0 heterocycles. The van der Waals surface area contributed by atoms with E-state index in [2.05, 4.69) is 0 Å². The predicted molar refractivity (Wildman–Crippen MR) is 73.1 cm³/mol. The van der Waals surface area contributed by atoms with E-state index in [1.54, 1.807) is 0 Å². The summed E-state index contributed by atoms with van der Waals surface area (Å²) in [5, 5.41) is 10.0. The summed E-state index contributed by atoms with van der Waals surface area (Å²) in [5.74, 6) is 6.11. The summed E-state index contributed by atoms with van der Waals surface area (Å²) in [4.78, 5) is 0. The zero-order valence-electron chi connectivity index (χ0n) is 11.6. The van der Waals surface area contributed by atoms with Crippen LogP contribution in [0, 0.1) is 35.5 Å². The van der Waals surface area contributed by atoms with Crippen LogP contribution in [0.5, 0.6) is 0 Å². The van der Waals surface area contributed by atoms with Crippen LogP contribution in [0.3, 0.4) is 0 Å². The molecule has 102 valence electrons. The van der Waals surface area contributed by atoms with E-state index in [-0.39, 0.29) is 6.10 Å². The molecule has 0 unspecified atom stereocenters. The summed E-state index contributed by atoms with van der Waals surface area (Å²) in [6.07, 6.45) is 14.2. The Labute approximate surface area is 111 Å². The van der Waals surface area contributed by atoms with Crippen LogP contribution in [-0.2, 0) is 0 Å². The first-order valence-corrected chi connectivity index (χ1v) is 8.51. The summed E-state index contributed by atoms with van der Waals surface area (Å²) < 4.78 is 0. The first-order valence-electron chi connectivity index (χ1n) is 8.51. The van der Waals surface area contributed by atoms with Crippen LogP contribution in [0.15, 0.2) is 0 Å². The molecule has 0 aromatic carbocycles. The Hall–Kier alpha value is -0.0400. The molecule has 4 aliphatic carbocycles. The lowest BCUT2D eigenvalue weighted by molar-refractivity contribution is -0.0486. The molecule has 0 amide bonds. The lowest BCUT2D eigenvalue weighted by atomic mass is 9.53. The van der Waals surface area contributed by atoms with Crippen molar-refractivity contribution in [3.05, 3.63) is 0 Å². The van der Waals surface area contributed by atoms with Gasteiger partial charge in [-0.25, -0.2) is 0 Å². The summed E-state index contributed by atoms with van der Waals surface area (Å²) in [7, 11) is 0. The summed E-state index contributed by atoms with van der Waals surface area (Å²) in [6, 6.07) is 0. The molecule has 18 heavy (non-hydrogen) atoms. The highest BCUT2D eigenvalue weighted by molar-refractivity contribution is 4.99. The number of hydrogen-bond donors (Lipinski definition) is 1. The van der Waals surface area contributed by atoms with E-state index >= 15 is 0 Å². The SMILES string of the molecule is O[C@@H]1CC[C@@H]2CC[C@@H]3[C@H](CC[C@@H]4CCC[C@H]43)[C@H]2C1. The van der Waals surface area contributed by atoms with Crippen LogP contribution in [-0.4, -0.2) is 11.2 Å². The fraction of sp³-hybridized carbons (Fsp3) is 1.00. The molecule has 0 bridgehead atoms. The number of aliphatic hydroxyl groups is 1. The lowest BCUT2D eigenvalue weighted by Crippen LogP contribution is -2.45. The highest BCUT2D eigenvalue weighted by Crippen LogP contribution is 2.57. The van der Waals surface area contributed by atoms with Gasteiger partial charge in [-0.3, -0.25) is 0 Å². The van der Waals surface area contributed by atoms with Crippen LogP contribution in [0.1, 0.15) is 64.2 Å². The minimum atomic E-state index is 0.0336. The molecular weight excluding hydrogens is 220 g/mol. The molecule has 0 spiro atoms. The second kappa shape index (κ2) is 4.51. The van der Waals surface area contributed by atoms with E-state index in [1.165, 1.54) is 51.4 Å². The summed E-state index contributed by atoms with van der Waals surface area (Å²) in [5.41, 5.74) is 0. The second-order valence-corrected chi connectivity index (χ2v) is 7.73. The molecule has 7 atom stereocenters. The average Bonchev–Trinajstić information content (AvgIpc) is 2.86. The first kappa shape index (κ1) is 11.8. The van der Waals surface area contributed by atoms with Gasteiger partial charge in [0.25, 0.3) is 0 Å². The quantitative estimate of drug-likeness (QED) is 0.687. The van der Waals surface area contributed by atoms with Crippen molar-refractivity contribution in [2.45, 2.75) is 70.3 Å². The Morgan fingerprint density at radius 2 is 1.22 bits per heavy atom. The van der Waals surface area contributed by atoms with Gasteiger partial charge in [-0.15, -0.1) is 0 Å². The van der Waals surface area contributed by atoms with Gasteiger partial charge in [0.2, 0.25) is 0 Å². The second-order valence-electron chi connectivity index (χ2n) is 7.73. The van der Waals surface area contributed by atoms with E-state index < -0.39 is 0 Å². The van der Waals surface area contributed by atoms with Gasteiger partial charge in [-0.05, 0) is 86.9 Å². The van der Waals surface area contributed by atoms with Gasteiger partial charge in [0.05, 0.1) is 6.10 Å². The van der Waals surface area contributed by atoms with Crippen LogP contribution >= 0.6 is 0 Å². The van der Waals surface area contributed by atoms with Crippen molar-refractivity contribution in [2.24, 2.45) is 35.5 Å². The van der Waals surface area contributed by atoms with Crippen LogP contribution < -0.4 is 0 Å². The lowest BCUT2D eigenvalue weighted by Gasteiger charge is -2.52. The zero-order chi connectivity index (χ0) is 12.1. The Morgan fingerprint density at radius 3 is 2.06 bits per heavy atom. The first-order chi connectivity index (χ1) is 8.83. The minimum absolute atomic E-state index is 0.0336. The normalized spacial score (nSPS) is 55.5. The number of aliphatic hydroxyl groups excluding tert-OH is 1. The molecule has 0 aromatic rings. The van der Waals surface area contributed by atoms with Gasteiger partial charge in [-0.2, -0.15) is 0 Å². The Bertz CT molecular complexity index is 311. The molecule has 0 radical (unpaired) electrons. The van der Waals surface area contributed by atoms with Gasteiger partial charge in [-0.1, -0.05) is 12.8 Å². The number of rotatable bonds is 0. The van der Waals surface area contributed by atoms with Gasteiger partial charge in [0.1, 0.15) is 0 Å². The summed E-state index contributed by atoms with van der Waals surface area (Å²) >= 11 is 0. The molecule has 0 aromatic heterocycles. The van der Waals surface area contributed by atoms with E-state index in [9.17, 15) is 5.11 Å². The largest absolute Gasteiger partial charge is 0.393 e. The maximum Gasteiger partial charge on any atom is 0.0543 e. The van der Waals surface area contributed by atoms with Crippen molar-refractivity contribution >= 4 is 0 Å². The maximum atomic E-state index is 10.0. The molecule has 1 heteroatoms. The molecule has 4 saturated carbocycles. The monoisotopic (exact) mass is 248 g/mol. The Kier molecular flexibility index (Phi) is 2.94. The highest BCUT2D eigenvalue weighted by Gasteiger charge is 2.49. The molecule has 1 N–H and O–H groups in total. The third kappa shape index (κ3) is 1.77. The molecule has 4 aliphatic rings. The molecule has 4 fully saturated rings. The fourth-order valence-electron chi connectivity index (χ4n) is 6.42. The van der Waals surface area contributed by atoms with Crippen LogP contribution in [0.25, 0.3) is 0 Å². The van der Waals surface area contributed by atoms with Gasteiger partial charge < -0.3 is 5.11 Å². The van der Waals surface area contributed by atoms with Gasteiger partial charge >= 0.3 is 0 Å². The van der Waals surface area contributed by atoms with E-state index in [0.29, 0.717) is 0 Å². The van der Waals surface area contributed by atoms with Crippen LogP contribution in [0.2, 0.25) is 0 Å². The highest BCUT2D eigenvalue weighted by atomic mass is 16.3. The molecule has 0 aliphatic heterocycles. The molecule has 1 nitrogen and oxygen atoms in total. The number of fused-ring (bicyclic) bond motifs is 5. The minimum Gasteiger partial charge on any atom is -0.393 e. The van der Waals surface area contributed by atoms with E-state index in [1.807, 2.05) is 0 Å². The maximum absolute atomic E-state index is 10.0. The van der Waals surface area contributed by atoms with E-state index in [4.69, 9.17) is 0 Å². The standard InChI is InChI=1S/C17H28O/c18-13-7-4-12-6-8-15-14-3-1-2-11(14)5-9-16(15)17(12)10-13/h11-18H,1-10H2/t11-,12+,13+,14+,15-,16-,17-/m0/s1. The van der Waals surface area contributed by atoms with E-state index in [0.717, 1.165) is 48.3 Å². The third-order valence-corrected chi connectivity index (χ3v) is 7.13. The Morgan fingerprint density at radius 1 is 0.556 bits per heavy atom. The van der Waals surface area contributed by atoms with Crippen molar-refractivity contribution in [2.75, 3.05) is 0 Å². The smallest absolute Gasteiger partial charge is 0.0543 e. The predicted octanol–water partition coefficient (Wildman–Crippen LogP) is 4.00. The zero-order valence-corrected chi connectivity index (χ0v) is 11.6. The molecular formula is C17H28O. The van der Waals surface area contributed by atoms with Gasteiger partial charge in [0, 0.05) is 0 Å². The molecule has 0 saturated heterocycles. The topological polar surface area (TPSA) is 20.2 Å². The third-order valence-electron chi connectivity index (χ3n) is 7.13. The van der Waals surface area contributed by atoms with Gasteiger partial charge in [0.15, 0.2) is 0 Å². The van der Waals surface area contributed by atoms with Crippen molar-refractivity contribution in [1.29, 1.82) is 0 Å². The summed E-state index contributed by atoms with van der Waals surface area (Å²) in [6.45, 7) is 0.